The van der Waals surface area contributed by atoms with E-state index in [1.807, 2.05) is 25.1 Å². The van der Waals surface area contributed by atoms with E-state index in [1.165, 1.54) is 49.7 Å². The second-order valence-electron chi connectivity index (χ2n) is 7.45. The van der Waals surface area contributed by atoms with E-state index in [0.29, 0.717) is 11.3 Å². The van der Waals surface area contributed by atoms with Gasteiger partial charge in [-0.3, -0.25) is 14.5 Å². The van der Waals surface area contributed by atoms with Crippen molar-refractivity contribution < 1.29 is 9.59 Å². The molecule has 1 atom stereocenters. The normalized spacial score (nSPS) is 19.6. The van der Waals surface area contributed by atoms with Gasteiger partial charge >= 0.3 is 0 Å². The van der Waals surface area contributed by atoms with E-state index in [4.69, 9.17) is 0 Å². The number of nitrogens with zero attached hydrogens (tertiary/aromatic N) is 1. The number of anilines is 2. The molecule has 2 aliphatic heterocycles. The van der Waals surface area contributed by atoms with Crippen LogP contribution in [0, 0.1) is 0 Å². The van der Waals surface area contributed by atoms with E-state index < -0.39 is 0 Å². The van der Waals surface area contributed by atoms with E-state index in [2.05, 4.69) is 27.7 Å². The lowest BCUT2D eigenvalue weighted by Gasteiger charge is -2.26. The van der Waals surface area contributed by atoms with Gasteiger partial charge in [0, 0.05) is 22.7 Å². The number of amides is 2. The van der Waals surface area contributed by atoms with E-state index >= 15 is 0 Å². The Labute approximate surface area is 169 Å². The first-order chi connectivity index (χ1) is 13.6. The SMILES string of the molecule is C[C@H]1Sc2ccc(C(=O)Nc3ccc(CN4CCCCC4)cc3)cc2NC1=O. The monoisotopic (exact) mass is 395 g/mol. The number of nitrogens with one attached hydrogen (secondary N) is 2. The lowest BCUT2D eigenvalue weighted by atomic mass is 10.1. The highest BCUT2D eigenvalue weighted by Crippen LogP contribution is 2.36. The van der Waals surface area contributed by atoms with Gasteiger partial charge in [0.05, 0.1) is 10.9 Å². The van der Waals surface area contributed by atoms with Crippen molar-refractivity contribution >= 4 is 35.0 Å². The van der Waals surface area contributed by atoms with Crippen LogP contribution in [-0.2, 0) is 11.3 Å². The number of benzene rings is 2. The topological polar surface area (TPSA) is 61.4 Å². The van der Waals surface area contributed by atoms with E-state index in [0.717, 1.165) is 17.1 Å². The van der Waals surface area contributed by atoms with Crippen molar-refractivity contribution in [2.75, 3.05) is 23.7 Å². The largest absolute Gasteiger partial charge is 0.324 e. The molecule has 0 unspecified atom stereocenters. The van der Waals surface area contributed by atoms with Gasteiger partial charge in [-0.15, -0.1) is 11.8 Å². The van der Waals surface area contributed by atoms with Crippen LogP contribution >= 0.6 is 11.8 Å². The number of fused-ring (bicyclic) bond motifs is 1. The number of likely N-dealkylation sites (tertiary alicyclic amines) is 1. The third-order valence-corrected chi connectivity index (χ3v) is 6.42. The van der Waals surface area contributed by atoms with Gasteiger partial charge < -0.3 is 10.6 Å². The minimum Gasteiger partial charge on any atom is -0.324 e. The highest BCUT2D eigenvalue weighted by molar-refractivity contribution is 8.00. The summed E-state index contributed by atoms with van der Waals surface area (Å²) in [5.74, 6) is -0.205. The molecule has 5 nitrogen and oxygen atoms in total. The molecule has 2 aromatic rings. The van der Waals surface area contributed by atoms with Crippen molar-refractivity contribution in [3.8, 4) is 0 Å². The van der Waals surface area contributed by atoms with Crippen molar-refractivity contribution in [3.05, 3.63) is 53.6 Å². The molecule has 146 valence electrons. The zero-order valence-electron chi connectivity index (χ0n) is 16.0. The quantitative estimate of drug-likeness (QED) is 0.808. The fourth-order valence-electron chi connectivity index (χ4n) is 3.62. The molecule has 2 aliphatic rings. The number of thioether (sulfide) groups is 1. The van der Waals surface area contributed by atoms with Crippen LogP contribution in [-0.4, -0.2) is 35.1 Å². The molecule has 0 spiro atoms. The van der Waals surface area contributed by atoms with Gasteiger partial charge in [0.1, 0.15) is 0 Å². The van der Waals surface area contributed by atoms with E-state index in [1.54, 1.807) is 12.1 Å². The molecule has 0 radical (unpaired) electrons. The Bertz CT molecular complexity index is 876. The summed E-state index contributed by atoms with van der Waals surface area (Å²) in [6.07, 6.45) is 3.91. The van der Waals surface area contributed by atoms with Crippen LogP contribution in [0.5, 0.6) is 0 Å². The molecule has 2 aromatic carbocycles. The molecule has 0 saturated carbocycles. The highest BCUT2D eigenvalue weighted by atomic mass is 32.2. The maximum atomic E-state index is 12.6. The lowest BCUT2D eigenvalue weighted by Crippen LogP contribution is -2.29. The second kappa shape index (κ2) is 8.37. The Hall–Kier alpha value is -2.31. The number of hydrogen-bond donors (Lipinski definition) is 2. The summed E-state index contributed by atoms with van der Waals surface area (Å²) in [5, 5.41) is 5.70. The molecule has 6 heteroatoms. The average molecular weight is 396 g/mol. The summed E-state index contributed by atoms with van der Waals surface area (Å²) in [6.45, 7) is 5.18. The second-order valence-corrected chi connectivity index (χ2v) is 8.83. The van der Waals surface area contributed by atoms with E-state index in [-0.39, 0.29) is 17.1 Å². The highest BCUT2D eigenvalue weighted by Gasteiger charge is 2.23. The van der Waals surface area contributed by atoms with Crippen molar-refractivity contribution in [2.45, 2.75) is 42.9 Å². The van der Waals surface area contributed by atoms with Gasteiger partial charge in [0.25, 0.3) is 5.91 Å². The maximum Gasteiger partial charge on any atom is 0.255 e. The summed E-state index contributed by atoms with van der Waals surface area (Å²) in [4.78, 5) is 28.0. The molecule has 1 fully saturated rings. The fraction of sp³-hybridized carbons (Fsp3) is 0.364. The van der Waals surface area contributed by atoms with Crippen LogP contribution < -0.4 is 10.6 Å². The Morgan fingerprint density at radius 3 is 2.64 bits per heavy atom. The minimum atomic E-state index is -0.176. The summed E-state index contributed by atoms with van der Waals surface area (Å²) >= 11 is 1.51. The number of rotatable bonds is 4. The average Bonchev–Trinajstić information content (AvgIpc) is 2.71. The Kier molecular flexibility index (Phi) is 5.69. The number of hydrogen-bond acceptors (Lipinski definition) is 4. The summed E-state index contributed by atoms with van der Waals surface area (Å²) in [7, 11) is 0. The molecular formula is C22H25N3O2S. The molecular weight excluding hydrogens is 370 g/mol. The molecule has 2 N–H and O–H groups in total. The Morgan fingerprint density at radius 1 is 1.14 bits per heavy atom. The molecule has 2 amide bonds. The summed E-state index contributed by atoms with van der Waals surface area (Å²) in [5.41, 5.74) is 3.28. The molecule has 0 bridgehead atoms. The van der Waals surface area contributed by atoms with Crippen LogP contribution in [0.15, 0.2) is 47.4 Å². The minimum absolute atomic E-state index is 0.0284. The van der Waals surface area contributed by atoms with Crippen LogP contribution in [0.3, 0.4) is 0 Å². The molecule has 2 heterocycles. The van der Waals surface area contributed by atoms with Crippen molar-refractivity contribution in [1.29, 1.82) is 0 Å². The van der Waals surface area contributed by atoms with Gasteiger partial charge in [-0.05, 0) is 68.8 Å². The van der Waals surface area contributed by atoms with Gasteiger partial charge in [0.15, 0.2) is 0 Å². The van der Waals surface area contributed by atoms with Crippen molar-refractivity contribution in [2.24, 2.45) is 0 Å². The van der Waals surface area contributed by atoms with Crippen molar-refractivity contribution in [3.63, 3.8) is 0 Å². The molecule has 1 saturated heterocycles. The van der Waals surface area contributed by atoms with Crippen molar-refractivity contribution in [1.82, 2.24) is 4.90 Å². The first kappa shape index (κ1) is 19.0. The number of carbonyl (C=O) groups is 2. The molecule has 28 heavy (non-hydrogen) atoms. The zero-order valence-corrected chi connectivity index (χ0v) is 16.8. The predicted molar refractivity (Wildman–Crippen MR) is 114 cm³/mol. The van der Waals surface area contributed by atoms with Gasteiger partial charge in [-0.25, -0.2) is 0 Å². The van der Waals surface area contributed by atoms with Crippen LogP contribution in [0.1, 0.15) is 42.1 Å². The number of piperidine rings is 1. The van der Waals surface area contributed by atoms with Crippen LogP contribution in [0.2, 0.25) is 0 Å². The Morgan fingerprint density at radius 2 is 1.89 bits per heavy atom. The third-order valence-electron chi connectivity index (χ3n) is 5.24. The predicted octanol–water partition coefficient (Wildman–Crippen LogP) is 4.36. The Balaban J connectivity index is 1.39. The van der Waals surface area contributed by atoms with Crippen LogP contribution in [0.4, 0.5) is 11.4 Å². The molecule has 0 aliphatic carbocycles. The summed E-state index contributed by atoms with van der Waals surface area (Å²) < 4.78 is 0. The smallest absolute Gasteiger partial charge is 0.255 e. The summed E-state index contributed by atoms with van der Waals surface area (Å²) in [6, 6.07) is 13.5. The van der Waals surface area contributed by atoms with E-state index in [9.17, 15) is 9.59 Å². The third kappa shape index (κ3) is 4.39. The van der Waals surface area contributed by atoms with Gasteiger partial charge in [0.2, 0.25) is 5.91 Å². The maximum absolute atomic E-state index is 12.6. The standard InChI is InChI=1S/C22H25N3O2S/c1-15-21(26)24-19-13-17(7-10-20(19)28-15)22(27)23-18-8-5-16(6-9-18)14-25-11-3-2-4-12-25/h5-10,13,15H,2-4,11-12,14H2,1H3,(H,23,27)(H,24,26)/t15-/m1/s1. The lowest BCUT2D eigenvalue weighted by molar-refractivity contribution is -0.115. The van der Waals surface area contributed by atoms with Crippen LogP contribution in [0.25, 0.3) is 0 Å². The first-order valence-corrected chi connectivity index (χ1v) is 10.7. The fourth-order valence-corrected chi connectivity index (χ4v) is 4.55. The van der Waals surface area contributed by atoms with Gasteiger partial charge in [-0.2, -0.15) is 0 Å². The number of carbonyl (C=O) groups excluding carboxylic acids is 2. The molecule has 0 aromatic heterocycles. The van der Waals surface area contributed by atoms with Gasteiger partial charge in [-0.1, -0.05) is 18.6 Å². The molecule has 4 rings (SSSR count). The first-order valence-electron chi connectivity index (χ1n) is 9.83. The zero-order chi connectivity index (χ0) is 19.5.